The van der Waals surface area contributed by atoms with Gasteiger partial charge < -0.3 is 9.84 Å². The van der Waals surface area contributed by atoms with Crippen LogP contribution >= 0.6 is 23.2 Å². The molecule has 0 fully saturated rings. The van der Waals surface area contributed by atoms with E-state index in [0.29, 0.717) is 40.5 Å². The second kappa shape index (κ2) is 6.71. The predicted molar refractivity (Wildman–Crippen MR) is 93.4 cm³/mol. The van der Waals surface area contributed by atoms with Crippen molar-refractivity contribution in [1.82, 2.24) is 5.43 Å². The van der Waals surface area contributed by atoms with Crippen LogP contribution in [0.15, 0.2) is 35.4 Å². The van der Waals surface area contributed by atoms with Crippen LogP contribution in [-0.2, 0) is 6.42 Å². The van der Waals surface area contributed by atoms with Gasteiger partial charge in [0.05, 0.1) is 17.8 Å². The van der Waals surface area contributed by atoms with Crippen molar-refractivity contribution in [2.45, 2.75) is 12.8 Å². The highest BCUT2D eigenvalue weighted by Gasteiger charge is 2.26. The summed E-state index contributed by atoms with van der Waals surface area (Å²) in [4.78, 5) is 12.2. The third kappa shape index (κ3) is 3.05. The molecular formula is C17H14Cl2N2O3. The van der Waals surface area contributed by atoms with E-state index in [1.165, 1.54) is 6.07 Å². The molecule has 0 unspecified atom stereocenters. The van der Waals surface area contributed by atoms with Crippen LogP contribution in [0, 0.1) is 0 Å². The Labute approximate surface area is 148 Å². The van der Waals surface area contributed by atoms with Crippen molar-refractivity contribution in [1.29, 1.82) is 0 Å². The lowest BCUT2D eigenvalue weighted by Crippen LogP contribution is -2.19. The lowest BCUT2D eigenvalue weighted by Gasteiger charge is -2.08. The molecule has 0 radical (unpaired) electrons. The molecule has 0 saturated carbocycles. The second-order valence-corrected chi connectivity index (χ2v) is 6.08. The molecule has 0 heterocycles. The van der Waals surface area contributed by atoms with Crippen molar-refractivity contribution in [3.8, 4) is 11.5 Å². The highest BCUT2D eigenvalue weighted by molar-refractivity contribution is 6.37. The Balaban J connectivity index is 1.83. The van der Waals surface area contributed by atoms with Crippen LogP contribution in [0.1, 0.15) is 27.9 Å². The monoisotopic (exact) mass is 364 g/mol. The molecule has 124 valence electrons. The molecule has 7 heteroatoms. The van der Waals surface area contributed by atoms with Crippen molar-refractivity contribution in [2.75, 3.05) is 7.11 Å². The molecule has 0 spiro atoms. The number of fused-ring (bicyclic) bond motifs is 1. The number of phenols is 1. The molecule has 0 bridgehead atoms. The zero-order chi connectivity index (χ0) is 17.3. The van der Waals surface area contributed by atoms with E-state index < -0.39 is 0 Å². The van der Waals surface area contributed by atoms with Crippen molar-refractivity contribution >= 4 is 34.8 Å². The van der Waals surface area contributed by atoms with Crippen LogP contribution < -0.4 is 10.2 Å². The molecular weight excluding hydrogens is 351 g/mol. The largest absolute Gasteiger partial charge is 0.506 e. The summed E-state index contributed by atoms with van der Waals surface area (Å²) < 4.78 is 5.05. The Morgan fingerprint density at radius 3 is 2.58 bits per heavy atom. The fourth-order valence-corrected chi connectivity index (χ4v) is 3.17. The number of hydrogen-bond donors (Lipinski definition) is 2. The van der Waals surface area contributed by atoms with E-state index in [1.54, 1.807) is 31.4 Å². The number of phenolic OH excluding ortho intramolecular Hbond substituents is 1. The van der Waals surface area contributed by atoms with E-state index in [9.17, 15) is 9.90 Å². The third-order valence-corrected chi connectivity index (χ3v) is 4.48. The average molecular weight is 365 g/mol. The molecule has 1 aliphatic rings. The Kier molecular flexibility index (Phi) is 4.64. The molecule has 2 aromatic rings. The molecule has 3 rings (SSSR count). The highest BCUT2D eigenvalue weighted by atomic mass is 35.5. The lowest BCUT2D eigenvalue weighted by atomic mass is 10.1. The van der Waals surface area contributed by atoms with Crippen LogP contribution in [0.2, 0.25) is 10.0 Å². The summed E-state index contributed by atoms with van der Waals surface area (Å²) >= 11 is 12.1. The Morgan fingerprint density at radius 1 is 1.21 bits per heavy atom. The van der Waals surface area contributed by atoms with Crippen molar-refractivity contribution in [2.24, 2.45) is 5.10 Å². The molecule has 2 N–H and O–H groups in total. The lowest BCUT2D eigenvalue weighted by molar-refractivity contribution is 0.0954. The number of carbonyl (C=O) groups is 1. The van der Waals surface area contributed by atoms with Crippen LogP contribution in [-0.4, -0.2) is 23.8 Å². The van der Waals surface area contributed by atoms with Gasteiger partial charge in [-0.05, 0) is 48.7 Å². The normalized spacial score (nSPS) is 14.5. The Morgan fingerprint density at radius 2 is 1.92 bits per heavy atom. The quantitative estimate of drug-likeness (QED) is 0.813. The van der Waals surface area contributed by atoms with E-state index in [1.807, 2.05) is 0 Å². The fraction of sp³-hybridized carbons (Fsp3) is 0.176. The van der Waals surface area contributed by atoms with Gasteiger partial charge in [0.2, 0.25) is 0 Å². The number of hydrogen-bond acceptors (Lipinski definition) is 4. The van der Waals surface area contributed by atoms with Gasteiger partial charge in [0.15, 0.2) is 0 Å². The van der Waals surface area contributed by atoms with Crippen molar-refractivity contribution in [3.05, 3.63) is 57.1 Å². The number of rotatable bonds is 3. The Bertz CT molecular complexity index is 833. The summed E-state index contributed by atoms with van der Waals surface area (Å²) in [5.74, 6) is 0.244. The first kappa shape index (κ1) is 16.6. The molecule has 0 atom stereocenters. The van der Waals surface area contributed by atoms with Crippen molar-refractivity contribution < 1.29 is 14.6 Å². The van der Waals surface area contributed by atoms with Crippen LogP contribution in [0.4, 0.5) is 0 Å². The first-order valence-electron chi connectivity index (χ1n) is 7.22. The molecule has 1 aliphatic carbocycles. The van der Waals surface area contributed by atoms with Crippen LogP contribution in [0.5, 0.6) is 11.5 Å². The van der Waals surface area contributed by atoms with Gasteiger partial charge in [-0.25, -0.2) is 5.43 Å². The van der Waals surface area contributed by atoms with E-state index in [-0.39, 0.29) is 16.7 Å². The predicted octanol–water partition coefficient (Wildman–Crippen LogP) is 3.79. The molecule has 1 amide bonds. The summed E-state index contributed by atoms with van der Waals surface area (Å²) in [6, 6.07) is 8.18. The maximum atomic E-state index is 12.2. The zero-order valence-corrected chi connectivity index (χ0v) is 14.3. The summed E-state index contributed by atoms with van der Waals surface area (Å²) in [6.07, 6.45) is 1.20. The van der Waals surface area contributed by atoms with Crippen LogP contribution in [0.3, 0.4) is 0 Å². The number of benzene rings is 2. The number of amides is 1. The topological polar surface area (TPSA) is 70.9 Å². The molecule has 0 saturated heterocycles. The molecule has 2 aromatic carbocycles. The van der Waals surface area contributed by atoms with Crippen molar-refractivity contribution in [3.63, 3.8) is 0 Å². The summed E-state index contributed by atoms with van der Waals surface area (Å²) in [5.41, 5.74) is 4.79. The van der Waals surface area contributed by atoms with E-state index >= 15 is 0 Å². The number of hydrazone groups is 1. The second-order valence-electron chi connectivity index (χ2n) is 5.27. The highest BCUT2D eigenvalue weighted by Crippen LogP contribution is 2.40. The molecule has 5 nitrogen and oxygen atoms in total. The minimum absolute atomic E-state index is 0.0639. The number of nitrogens with zero attached hydrogens (tertiary/aromatic N) is 1. The minimum Gasteiger partial charge on any atom is -0.506 e. The number of nitrogens with one attached hydrogen (secondary N) is 1. The molecule has 24 heavy (non-hydrogen) atoms. The first-order valence-corrected chi connectivity index (χ1v) is 7.98. The fourth-order valence-electron chi connectivity index (χ4n) is 2.61. The van der Waals surface area contributed by atoms with E-state index in [0.717, 1.165) is 5.56 Å². The minimum atomic E-state index is -0.355. The molecule has 0 aliphatic heterocycles. The zero-order valence-electron chi connectivity index (χ0n) is 12.8. The number of halogens is 2. The summed E-state index contributed by atoms with van der Waals surface area (Å²) in [5, 5.41) is 14.9. The van der Waals surface area contributed by atoms with Gasteiger partial charge in [0.1, 0.15) is 11.5 Å². The maximum absolute atomic E-state index is 12.2. The van der Waals surface area contributed by atoms with Gasteiger partial charge in [0, 0.05) is 16.1 Å². The number of ether oxygens (including phenoxy) is 1. The Hall–Kier alpha value is -2.24. The van der Waals surface area contributed by atoms with Gasteiger partial charge in [-0.2, -0.15) is 5.10 Å². The number of methoxy groups -OCH3 is 1. The SMILES string of the molecule is COc1ccc(C(=O)NN=C2CCc3c(Cl)cc(Cl)c(O)c32)cc1. The van der Waals surface area contributed by atoms with Gasteiger partial charge in [0.25, 0.3) is 5.91 Å². The standard InChI is InChI=1S/C17H14Cl2N2O3/c1-24-10-4-2-9(3-5-10)17(23)21-20-14-7-6-11-12(18)8-13(19)16(22)15(11)14/h2-5,8,22H,6-7H2,1H3,(H,21,23). The summed E-state index contributed by atoms with van der Waals surface area (Å²) in [7, 11) is 1.56. The summed E-state index contributed by atoms with van der Waals surface area (Å²) in [6.45, 7) is 0. The first-order chi connectivity index (χ1) is 11.5. The third-order valence-electron chi connectivity index (χ3n) is 3.85. The van der Waals surface area contributed by atoms with E-state index in [4.69, 9.17) is 27.9 Å². The average Bonchev–Trinajstić information content (AvgIpc) is 3.02. The van der Waals surface area contributed by atoms with Gasteiger partial charge >= 0.3 is 0 Å². The smallest absolute Gasteiger partial charge is 0.271 e. The molecule has 0 aromatic heterocycles. The van der Waals surface area contributed by atoms with E-state index in [2.05, 4.69) is 10.5 Å². The van der Waals surface area contributed by atoms with Gasteiger partial charge in [-0.1, -0.05) is 23.2 Å². The number of aromatic hydroxyl groups is 1. The maximum Gasteiger partial charge on any atom is 0.271 e. The van der Waals surface area contributed by atoms with Gasteiger partial charge in [-0.15, -0.1) is 0 Å². The van der Waals surface area contributed by atoms with Crippen LogP contribution in [0.25, 0.3) is 0 Å². The number of carbonyl (C=O) groups excluding carboxylic acids is 1. The van der Waals surface area contributed by atoms with Gasteiger partial charge in [-0.3, -0.25) is 4.79 Å².